The number of H-pyrrole nitrogens is 1. The Balaban J connectivity index is 2.00. The Morgan fingerprint density at radius 1 is 1.35 bits per heavy atom. The number of thioether (sulfide) groups is 1. The molecule has 23 heavy (non-hydrogen) atoms. The van der Waals surface area contributed by atoms with Gasteiger partial charge in [-0.15, -0.1) is 0 Å². The molecule has 1 aliphatic heterocycles. The number of amides is 1. The lowest BCUT2D eigenvalue weighted by Crippen LogP contribution is -2.47. The third kappa shape index (κ3) is 3.07. The minimum absolute atomic E-state index is 0.0972. The predicted octanol–water partition coefficient (Wildman–Crippen LogP) is 0.955. The first-order valence-corrected chi connectivity index (χ1v) is 8.31. The molecule has 2 N–H and O–H groups in total. The molecule has 120 valence electrons. The van der Waals surface area contributed by atoms with Crippen LogP contribution in [0.25, 0.3) is 10.8 Å². The fourth-order valence-corrected chi connectivity index (χ4v) is 3.77. The zero-order valence-corrected chi connectivity index (χ0v) is 13.0. The molecular formula is C15H15N3O4S. The van der Waals surface area contributed by atoms with Crippen LogP contribution in [0.4, 0.5) is 0 Å². The van der Waals surface area contributed by atoms with Crippen molar-refractivity contribution in [3.05, 3.63) is 40.3 Å². The molecule has 0 spiro atoms. The molecule has 1 fully saturated rings. The van der Waals surface area contributed by atoms with E-state index in [1.807, 2.05) is 0 Å². The van der Waals surface area contributed by atoms with E-state index in [1.54, 1.807) is 40.9 Å². The van der Waals surface area contributed by atoms with Crippen molar-refractivity contribution < 1.29 is 14.7 Å². The number of aromatic amines is 1. The van der Waals surface area contributed by atoms with Gasteiger partial charge in [-0.3, -0.25) is 14.4 Å². The van der Waals surface area contributed by atoms with Gasteiger partial charge in [0.1, 0.15) is 0 Å². The summed E-state index contributed by atoms with van der Waals surface area (Å²) in [6.07, 6.45) is -0.0972. The molecule has 1 aromatic carbocycles. The molecule has 1 aromatic heterocycles. The van der Waals surface area contributed by atoms with Crippen LogP contribution in [-0.4, -0.2) is 56.2 Å². The molecule has 0 aliphatic carbocycles. The zero-order valence-electron chi connectivity index (χ0n) is 12.2. The zero-order chi connectivity index (χ0) is 16.4. The molecule has 1 aliphatic rings. The van der Waals surface area contributed by atoms with Crippen molar-refractivity contribution in [1.82, 2.24) is 15.1 Å². The first-order valence-electron chi connectivity index (χ1n) is 7.16. The number of carbonyl (C=O) groups excluding carboxylic acids is 1. The van der Waals surface area contributed by atoms with E-state index >= 15 is 0 Å². The molecule has 8 heteroatoms. The van der Waals surface area contributed by atoms with Gasteiger partial charge in [-0.05, 0) is 6.07 Å². The molecule has 0 radical (unpaired) electrons. The predicted molar refractivity (Wildman–Crippen MR) is 86.8 cm³/mol. The van der Waals surface area contributed by atoms with E-state index in [0.717, 1.165) is 5.75 Å². The lowest BCUT2D eigenvalue weighted by atomic mass is 10.1. The summed E-state index contributed by atoms with van der Waals surface area (Å²) in [4.78, 5) is 37.2. The van der Waals surface area contributed by atoms with Gasteiger partial charge in [-0.2, -0.15) is 16.9 Å². The van der Waals surface area contributed by atoms with E-state index in [0.29, 0.717) is 23.1 Å². The molecule has 0 saturated carbocycles. The van der Waals surface area contributed by atoms with Crippen molar-refractivity contribution in [2.75, 3.05) is 18.1 Å². The van der Waals surface area contributed by atoms with Gasteiger partial charge in [0.15, 0.2) is 5.69 Å². The summed E-state index contributed by atoms with van der Waals surface area (Å²) >= 11 is 1.63. The number of nitrogens with zero attached hydrogens (tertiary/aromatic N) is 2. The van der Waals surface area contributed by atoms with Crippen molar-refractivity contribution in [1.29, 1.82) is 0 Å². The third-order valence-corrected chi connectivity index (χ3v) is 4.89. The summed E-state index contributed by atoms with van der Waals surface area (Å²) in [5.41, 5.74) is -0.198. The van der Waals surface area contributed by atoms with E-state index in [1.165, 1.54) is 0 Å². The van der Waals surface area contributed by atoms with Crippen LogP contribution in [0.1, 0.15) is 16.9 Å². The summed E-state index contributed by atoms with van der Waals surface area (Å²) in [5.74, 6) is 0.0567. The van der Waals surface area contributed by atoms with Crippen molar-refractivity contribution in [3.63, 3.8) is 0 Å². The highest BCUT2D eigenvalue weighted by atomic mass is 32.2. The first-order chi connectivity index (χ1) is 11.1. The van der Waals surface area contributed by atoms with Gasteiger partial charge in [0.05, 0.1) is 17.8 Å². The second-order valence-corrected chi connectivity index (χ2v) is 6.42. The summed E-state index contributed by atoms with van der Waals surface area (Å²) in [6, 6.07) is 6.40. The number of hydrogen-bond acceptors (Lipinski definition) is 5. The fourth-order valence-electron chi connectivity index (χ4n) is 2.71. The fraction of sp³-hybridized carbons (Fsp3) is 0.333. The van der Waals surface area contributed by atoms with Crippen LogP contribution in [-0.2, 0) is 4.79 Å². The number of carbonyl (C=O) groups is 2. The number of aliphatic carboxylic acids is 1. The van der Waals surface area contributed by atoms with Crippen LogP contribution in [0.2, 0.25) is 0 Å². The van der Waals surface area contributed by atoms with Crippen molar-refractivity contribution in [2.24, 2.45) is 0 Å². The molecule has 0 bridgehead atoms. The quantitative estimate of drug-likeness (QED) is 0.867. The van der Waals surface area contributed by atoms with Crippen LogP contribution in [0.15, 0.2) is 29.1 Å². The summed E-state index contributed by atoms with van der Waals surface area (Å²) in [7, 11) is 0. The second kappa shape index (κ2) is 6.41. The normalized spacial score (nSPS) is 18.1. The van der Waals surface area contributed by atoms with Gasteiger partial charge in [0, 0.05) is 23.4 Å². The molecular weight excluding hydrogens is 318 g/mol. The molecule has 7 nitrogen and oxygen atoms in total. The average molecular weight is 333 g/mol. The Morgan fingerprint density at radius 3 is 2.83 bits per heavy atom. The third-order valence-electron chi connectivity index (χ3n) is 3.80. The Morgan fingerprint density at radius 2 is 2.09 bits per heavy atom. The van der Waals surface area contributed by atoms with E-state index in [2.05, 4.69) is 10.2 Å². The Labute approximate surface area is 135 Å². The van der Waals surface area contributed by atoms with Crippen molar-refractivity contribution >= 4 is 34.4 Å². The lowest BCUT2D eigenvalue weighted by Gasteiger charge is -2.34. The molecule has 3 rings (SSSR count). The maximum atomic E-state index is 12.9. The molecule has 1 atom stereocenters. The van der Waals surface area contributed by atoms with Gasteiger partial charge in [0.25, 0.3) is 11.5 Å². The van der Waals surface area contributed by atoms with Gasteiger partial charge < -0.3 is 10.0 Å². The summed E-state index contributed by atoms with van der Waals surface area (Å²) < 4.78 is 0. The summed E-state index contributed by atoms with van der Waals surface area (Å²) in [6.45, 7) is 0.469. The Kier molecular flexibility index (Phi) is 4.33. The number of aromatic nitrogens is 2. The Bertz CT molecular complexity index is 820. The number of fused-ring (bicyclic) bond motifs is 1. The van der Waals surface area contributed by atoms with Crippen LogP contribution >= 0.6 is 11.8 Å². The highest BCUT2D eigenvalue weighted by molar-refractivity contribution is 7.99. The smallest absolute Gasteiger partial charge is 0.305 e. The monoisotopic (exact) mass is 333 g/mol. The maximum Gasteiger partial charge on any atom is 0.305 e. The topological polar surface area (TPSA) is 103 Å². The Hall–Kier alpha value is -2.35. The van der Waals surface area contributed by atoms with Gasteiger partial charge in [-0.25, -0.2) is 5.10 Å². The molecule has 2 aromatic rings. The molecule has 2 heterocycles. The minimum Gasteiger partial charge on any atom is -0.481 e. The number of hydrogen-bond donors (Lipinski definition) is 2. The van der Waals surface area contributed by atoms with Gasteiger partial charge in [0.2, 0.25) is 0 Å². The lowest BCUT2D eigenvalue weighted by molar-refractivity contribution is -0.138. The van der Waals surface area contributed by atoms with Crippen molar-refractivity contribution in [3.8, 4) is 0 Å². The average Bonchev–Trinajstić information content (AvgIpc) is 2.55. The second-order valence-electron chi connectivity index (χ2n) is 5.27. The number of carboxylic acids is 1. The molecule has 1 amide bonds. The number of rotatable bonds is 3. The highest BCUT2D eigenvalue weighted by Gasteiger charge is 2.31. The van der Waals surface area contributed by atoms with Crippen LogP contribution in [0, 0.1) is 0 Å². The van der Waals surface area contributed by atoms with Gasteiger partial charge >= 0.3 is 5.97 Å². The number of carboxylic acid groups (broad SMARTS) is 1. The van der Waals surface area contributed by atoms with E-state index in [-0.39, 0.29) is 29.6 Å². The number of nitrogens with one attached hydrogen (secondary N) is 1. The van der Waals surface area contributed by atoms with E-state index < -0.39 is 5.97 Å². The largest absolute Gasteiger partial charge is 0.481 e. The minimum atomic E-state index is -0.936. The molecule has 1 unspecified atom stereocenters. The molecule has 1 saturated heterocycles. The van der Waals surface area contributed by atoms with Crippen LogP contribution in [0.3, 0.4) is 0 Å². The highest BCUT2D eigenvalue weighted by Crippen LogP contribution is 2.22. The maximum absolute atomic E-state index is 12.9. The number of benzene rings is 1. The SMILES string of the molecule is O=C(O)CC1CSCCN1C(=O)c1n[nH]c(=O)c2ccccc12. The first kappa shape index (κ1) is 15.5. The summed E-state index contributed by atoms with van der Waals surface area (Å²) in [5, 5.41) is 16.2. The van der Waals surface area contributed by atoms with E-state index in [4.69, 9.17) is 5.11 Å². The van der Waals surface area contributed by atoms with Gasteiger partial charge in [-0.1, -0.05) is 18.2 Å². The van der Waals surface area contributed by atoms with Crippen LogP contribution < -0.4 is 5.56 Å². The van der Waals surface area contributed by atoms with Crippen LogP contribution in [0.5, 0.6) is 0 Å². The van der Waals surface area contributed by atoms with Crippen molar-refractivity contribution in [2.45, 2.75) is 12.5 Å². The standard InChI is InChI=1S/C15H15N3O4S/c19-12(20)7-9-8-23-6-5-18(9)15(22)13-10-3-1-2-4-11(10)14(21)17-16-13/h1-4,9H,5-8H2,(H,17,21)(H,19,20). The van der Waals surface area contributed by atoms with E-state index in [9.17, 15) is 14.4 Å².